The first kappa shape index (κ1) is 23.5. The summed E-state index contributed by atoms with van der Waals surface area (Å²) >= 11 is 6.87. The summed E-state index contributed by atoms with van der Waals surface area (Å²) in [5.41, 5.74) is 0.458. The molecule has 1 aliphatic carbocycles. The van der Waals surface area contributed by atoms with E-state index >= 15 is 0 Å². The second-order valence-corrected chi connectivity index (χ2v) is 10.4. The number of halogens is 1. The third-order valence-electron chi connectivity index (χ3n) is 6.28. The second-order valence-electron chi connectivity index (χ2n) is 9.98. The maximum Gasteiger partial charge on any atom is 0.412 e. The standard InChI is InChI=1S/C25H29ClN6O3/c1-25(2,3)35-24(33)31-15-17-7-4-5-8-19(17)32-22(29-30-23(32)21(31)26)16-10-12-18(13-11-16)34-20-9-6-14-27-28-20/h4-9,14,16,18,21H,10-13,15H2,1-3H3. The number of nitrogens with zero attached hydrogens (tertiary/aromatic N) is 6. The molecule has 1 amide bonds. The van der Waals surface area contributed by atoms with E-state index in [0.717, 1.165) is 42.8 Å². The number of rotatable bonds is 3. The van der Waals surface area contributed by atoms with Crippen LogP contribution < -0.4 is 4.74 Å². The smallest absolute Gasteiger partial charge is 0.412 e. The molecule has 0 N–H and O–H groups in total. The van der Waals surface area contributed by atoms with Crippen LogP contribution in [0.25, 0.3) is 5.69 Å². The summed E-state index contributed by atoms with van der Waals surface area (Å²) in [4.78, 5) is 14.5. The molecule has 184 valence electrons. The quantitative estimate of drug-likeness (QED) is 0.365. The van der Waals surface area contributed by atoms with Crippen molar-refractivity contribution in [1.29, 1.82) is 0 Å². The lowest BCUT2D eigenvalue weighted by atomic mass is 9.86. The van der Waals surface area contributed by atoms with E-state index in [4.69, 9.17) is 21.1 Å². The van der Waals surface area contributed by atoms with Crippen molar-refractivity contribution in [1.82, 2.24) is 29.9 Å². The van der Waals surface area contributed by atoms with E-state index in [9.17, 15) is 4.79 Å². The second kappa shape index (κ2) is 9.45. The first-order chi connectivity index (χ1) is 16.8. The lowest BCUT2D eigenvalue weighted by Crippen LogP contribution is -2.37. The van der Waals surface area contributed by atoms with Crippen LogP contribution in [0, 0.1) is 0 Å². The Morgan fingerprint density at radius 3 is 2.46 bits per heavy atom. The number of amides is 1. The summed E-state index contributed by atoms with van der Waals surface area (Å²) < 4.78 is 13.7. The normalized spacial score (nSPS) is 22.1. The number of alkyl halides is 1. The predicted molar refractivity (Wildman–Crippen MR) is 129 cm³/mol. The summed E-state index contributed by atoms with van der Waals surface area (Å²) in [6.45, 7) is 5.83. The molecule has 1 saturated carbocycles. The number of benzene rings is 1. The van der Waals surface area contributed by atoms with Gasteiger partial charge in [0, 0.05) is 18.2 Å². The van der Waals surface area contributed by atoms with Crippen molar-refractivity contribution in [3.05, 3.63) is 59.8 Å². The van der Waals surface area contributed by atoms with Crippen molar-refractivity contribution in [2.75, 3.05) is 0 Å². The minimum absolute atomic E-state index is 0.0881. The number of carbonyl (C=O) groups excluding carboxylic acids is 1. The van der Waals surface area contributed by atoms with Gasteiger partial charge in [0.1, 0.15) is 17.5 Å². The van der Waals surface area contributed by atoms with Gasteiger partial charge in [0.05, 0.1) is 12.2 Å². The molecule has 0 spiro atoms. The fraction of sp³-hybridized carbons (Fsp3) is 0.480. The summed E-state index contributed by atoms with van der Waals surface area (Å²) in [6.07, 6.45) is 4.78. The zero-order valence-electron chi connectivity index (χ0n) is 20.1. The molecule has 2 aromatic heterocycles. The van der Waals surface area contributed by atoms with Gasteiger partial charge in [-0.3, -0.25) is 9.47 Å². The van der Waals surface area contributed by atoms with Crippen molar-refractivity contribution < 1.29 is 14.3 Å². The molecule has 10 heteroatoms. The van der Waals surface area contributed by atoms with Gasteiger partial charge in [0.2, 0.25) is 5.88 Å². The summed E-state index contributed by atoms with van der Waals surface area (Å²) in [6, 6.07) is 11.6. The van der Waals surface area contributed by atoms with E-state index in [0.29, 0.717) is 18.2 Å². The van der Waals surface area contributed by atoms with Crippen molar-refractivity contribution in [3.8, 4) is 11.6 Å². The molecule has 1 aromatic carbocycles. The average molecular weight is 497 g/mol. The number of aromatic nitrogens is 5. The monoisotopic (exact) mass is 496 g/mol. The van der Waals surface area contributed by atoms with E-state index in [1.165, 1.54) is 4.90 Å². The Morgan fingerprint density at radius 2 is 1.74 bits per heavy atom. The van der Waals surface area contributed by atoms with Crippen LogP contribution in [0.3, 0.4) is 0 Å². The zero-order chi connectivity index (χ0) is 24.6. The van der Waals surface area contributed by atoms with Gasteiger partial charge in [0.15, 0.2) is 11.3 Å². The van der Waals surface area contributed by atoms with E-state index in [1.54, 1.807) is 6.20 Å². The lowest BCUT2D eigenvalue weighted by Gasteiger charge is -2.29. The Labute approximate surface area is 209 Å². The molecule has 3 heterocycles. The Bertz CT molecular complexity index is 1190. The third kappa shape index (κ3) is 4.96. The number of hydrogen-bond donors (Lipinski definition) is 0. The molecule has 0 bridgehead atoms. The van der Waals surface area contributed by atoms with Crippen molar-refractivity contribution in [3.63, 3.8) is 0 Å². The largest absolute Gasteiger partial charge is 0.473 e. The van der Waals surface area contributed by atoms with Gasteiger partial charge in [-0.05, 0) is 64.2 Å². The van der Waals surface area contributed by atoms with Gasteiger partial charge in [-0.2, -0.15) is 5.10 Å². The Morgan fingerprint density at radius 1 is 1.00 bits per heavy atom. The van der Waals surface area contributed by atoms with Gasteiger partial charge in [-0.25, -0.2) is 4.79 Å². The van der Waals surface area contributed by atoms with Crippen LogP contribution in [0.5, 0.6) is 5.88 Å². The van der Waals surface area contributed by atoms with Gasteiger partial charge in [-0.1, -0.05) is 29.8 Å². The summed E-state index contributed by atoms with van der Waals surface area (Å²) in [5, 5.41) is 17.0. The topological polar surface area (TPSA) is 95.3 Å². The summed E-state index contributed by atoms with van der Waals surface area (Å²) in [5.74, 6) is 2.13. The highest BCUT2D eigenvalue weighted by Crippen LogP contribution is 2.40. The third-order valence-corrected chi connectivity index (χ3v) is 6.71. The molecular weight excluding hydrogens is 468 g/mol. The van der Waals surface area contributed by atoms with Gasteiger partial charge >= 0.3 is 6.09 Å². The molecule has 9 nitrogen and oxygen atoms in total. The number of ether oxygens (including phenoxy) is 2. The minimum Gasteiger partial charge on any atom is -0.473 e. The van der Waals surface area contributed by atoms with Gasteiger partial charge < -0.3 is 9.47 Å². The van der Waals surface area contributed by atoms with Crippen molar-refractivity contribution in [2.45, 2.75) is 76.1 Å². The highest BCUT2D eigenvalue weighted by molar-refractivity contribution is 6.21. The van der Waals surface area contributed by atoms with Crippen LogP contribution in [0.1, 0.15) is 75.1 Å². The maximum absolute atomic E-state index is 13.0. The first-order valence-corrected chi connectivity index (χ1v) is 12.4. The molecule has 35 heavy (non-hydrogen) atoms. The average Bonchev–Trinajstić information content (AvgIpc) is 3.22. The number of hydrogen-bond acceptors (Lipinski definition) is 7. The Hall–Kier alpha value is -3.20. The van der Waals surface area contributed by atoms with E-state index in [-0.39, 0.29) is 12.0 Å². The zero-order valence-corrected chi connectivity index (χ0v) is 20.9. The predicted octanol–water partition coefficient (Wildman–Crippen LogP) is 5.15. The molecule has 1 unspecified atom stereocenters. The molecule has 5 rings (SSSR count). The number of fused-ring (bicyclic) bond motifs is 3. The highest BCUT2D eigenvalue weighted by atomic mass is 35.5. The maximum atomic E-state index is 13.0. The van der Waals surface area contributed by atoms with Crippen LogP contribution >= 0.6 is 11.6 Å². The van der Waals surface area contributed by atoms with Crippen LogP contribution in [0.4, 0.5) is 4.79 Å². The highest BCUT2D eigenvalue weighted by Gasteiger charge is 2.38. The van der Waals surface area contributed by atoms with Crippen LogP contribution in [0.2, 0.25) is 0 Å². The van der Waals surface area contributed by atoms with Crippen molar-refractivity contribution >= 4 is 17.7 Å². The molecular formula is C25H29ClN6O3. The van der Waals surface area contributed by atoms with E-state index in [1.807, 2.05) is 61.7 Å². The lowest BCUT2D eigenvalue weighted by molar-refractivity contribution is 0.0201. The van der Waals surface area contributed by atoms with Crippen LogP contribution in [-0.2, 0) is 11.3 Å². The van der Waals surface area contributed by atoms with E-state index < -0.39 is 17.2 Å². The molecule has 0 radical (unpaired) electrons. The number of carbonyl (C=O) groups is 1. The molecule has 1 fully saturated rings. The van der Waals surface area contributed by atoms with Crippen molar-refractivity contribution in [2.24, 2.45) is 0 Å². The minimum atomic E-state index is -0.810. The summed E-state index contributed by atoms with van der Waals surface area (Å²) in [7, 11) is 0. The fourth-order valence-corrected chi connectivity index (χ4v) is 4.97. The molecule has 1 atom stereocenters. The SMILES string of the molecule is CC(C)(C)OC(=O)N1Cc2ccccc2-n2c(C3CCC(Oc4cccnn4)CC3)nnc2C1Cl. The molecule has 2 aliphatic rings. The van der Waals surface area contributed by atoms with E-state index in [2.05, 4.69) is 20.4 Å². The van der Waals surface area contributed by atoms with Crippen LogP contribution in [-0.4, -0.2) is 47.7 Å². The Kier molecular flexibility index (Phi) is 6.35. The number of para-hydroxylation sites is 1. The molecule has 1 aliphatic heterocycles. The first-order valence-electron chi connectivity index (χ1n) is 11.9. The molecule has 3 aromatic rings. The molecule has 0 saturated heterocycles. The Balaban J connectivity index is 1.41. The fourth-order valence-electron chi connectivity index (χ4n) is 4.68. The van der Waals surface area contributed by atoms with Gasteiger partial charge in [0.25, 0.3) is 0 Å². The van der Waals surface area contributed by atoms with Gasteiger partial charge in [-0.15, -0.1) is 15.3 Å². The van der Waals surface area contributed by atoms with Crippen LogP contribution in [0.15, 0.2) is 42.6 Å².